The van der Waals surface area contributed by atoms with E-state index in [1.165, 1.54) is 18.4 Å². The summed E-state index contributed by atoms with van der Waals surface area (Å²) in [7, 11) is 0. The number of carbonyl (C=O) groups excluding carboxylic acids is 1. The Kier molecular flexibility index (Phi) is 3.45. The number of aromatic nitrogens is 2. The summed E-state index contributed by atoms with van der Waals surface area (Å²) in [6.45, 7) is 1.65. The van der Waals surface area contributed by atoms with Crippen LogP contribution in [-0.2, 0) is 0 Å². The normalized spacial score (nSPS) is 19.4. The molecule has 0 bridgehead atoms. The quantitative estimate of drug-likeness (QED) is 0.944. The molecular formula is C18H21N3O. The van der Waals surface area contributed by atoms with E-state index >= 15 is 0 Å². The molecule has 4 rings (SSSR count). The summed E-state index contributed by atoms with van der Waals surface area (Å²) in [5.41, 5.74) is 3.10. The van der Waals surface area contributed by atoms with E-state index in [9.17, 15) is 4.79 Å². The Morgan fingerprint density at radius 3 is 2.45 bits per heavy atom. The van der Waals surface area contributed by atoms with Crippen LogP contribution < -0.4 is 0 Å². The van der Waals surface area contributed by atoms with Crippen molar-refractivity contribution in [1.29, 1.82) is 0 Å². The number of hydrogen-bond donors (Lipinski definition) is 1. The predicted octanol–water partition coefficient (Wildman–Crippen LogP) is 3.31. The van der Waals surface area contributed by atoms with Crippen molar-refractivity contribution in [3.63, 3.8) is 0 Å². The number of nitrogens with zero attached hydrogens (tertiary/aromatic N) is 2. The second-order valence-corrected chi connectivity index (χ2v) is 6.46. The van der Waals surface area contributed by atoms with Gasteiger partial charge in [-0.1, -0.05) is 30.3 Å². The molecule has 2 fully saturated rings. The maximum atomic E-state index is 12.5. The minimum Gasteiger partial charge on any atom is -0.337 e. The highest BCUT2D eigenvalue weighted by Crippen LogP contribution is 2.39. The Bertz CT molecular complexity index is 652. The molecule has 0 spiro atoms. The van der Waals surface area contributed by atoms with Crippen molar-refractivity contribution in [2.45, 2.75) is 37.5 Å². The van der Waals surface area contributed by atoms with Gasteiger partial charge in [-0.15, -0.1) is 0 Å². The van der Waals surface area contributed by atoms with Gasteiger partial charge in [0.25, 0.3) is 5.91 Å². The average molecular weight is 295 g/mol. The van der Waals surface area contributed by atoms with Gasteiger partial charge < -0.3 is 4.90 Å². The van der Waals surface area contributed by atoms with Gasteiger partial charge in [0.1, 0.15) is 5.69 Å². The first kappa shape index (κ1) is 13.6. The topological polar surface area (TPSA) is 49.0 Å². The van der Waals surface area contributed by atoms with Crippen LogP contribution in [0.3, 0.4) is 0 Å². The van der Waals surface area contributed by atoms with E-state index in [0.717, 1.165) is 31.6 Å². The molecule has 1 amide bonds. The number of likely N-dealkylation sites (tertiary alicyclic amines) is 1. The highest BCUT2D eigenvalue weighted by molar-refractivity contribution is 5.92. The van der Waals surface area contributed by atoms with Crippen molar-refractivity contribution in [3.05, 3.63) is 53.3 Å². The van der Waals surface area contributed by atoms with E-state index in [2.05, 4.69) is 40.5 Å². The first-order chi connectivity index (χ1) is 10.8. The number of benzene rings is 1. The van der Waals surface area contributed by atoms with Gasteiger partial charge in [-0.25, -0.2) is 0 Å². The Balaban J connectivity index is 1.39. The van der Waals surface area contributed by atoms with Crippen LogP contribution in [0.2, 0.25) is 0 Å². The lowest BCUT2D eigenvalue weighted by atomic mass is 9.89. The van der Waals surface area contributed by atoms with E-state index in [1.54, 1.807) is 0 Å². The largest absolute Gasteiger partial charge is 0.337 e. The summed E-state index contributed by atoms with van der Waals surface area (Å²) < 4.78 is 0. The lowest BCUT2D eigenvalue weighted by molar-refractivity contribution is 0.0707. The summed E-state index contributed by atoms with van der Waals surface area (Å²) in [6, 6.07) is 12.6. The van der Waals surface area contributed by atoms with E-state index in [4.69, 9.17) is 0 Å². The van der Waals surface area contributed by atoms with Crippen LogP contribution in [0, 0.1) is 0 Å². The van der Waals surface area contributed by atoms with Gasteiger partial charge in [0, 0.05) is 24.7 Å². The molecule has 1 aromatic carbocycles. The first-order valence-electron chi connectivity index (χ1n) is 8.21. The van der Waals surface area contributed by atoms with Crippen molar-refractivity contribution in [2.75, 3.05) is 13.1 Å². The van der Waals surface area contributed by atoms with Crippen molar-refractivity contribution >= 4 is 5.91 Å². The lowest BCUT2D eigenvalue weighted by Crippen LogP contribution is -2.38. The van der Waals surface area contributed by atoms with Gasteiger partial charge in [-0.05, 0) is 43.2 Å². The van der Waals surface area contributed by atoms with Crippen LogP contribution in [0.4, 0.5) is 0 Å². The molecule has 2 heterocycles. The molecule has 4 heteroatoms. The smallest absolute Gasteiger partial charge is 0.274 e. The van der Waals surface area contributed by atoms with E-state index in [1.807, 2.05) is 11.0 Å². The van der Waals surface area contributed by atoms with E-state index in [0.29, 0.717) is 17.5 Å². The number of H-pyrrole nitrogens is 1. The second-order valence-electron chi connectivity index (χ2n) is 6.46. The molecule has 0 atom stereocenters. The predicted molar refractivity (Wildman–Crippen MR) is 84.9 cm³/mol. The average Bonchev–Trinajstić information content (AvgIpc) is 3.32. The summed E-state index contributed by atoms with van der Waals surface area (Å²) in [4.78, 5) is 14.5. The second kappa shape index (κ2) is 5.59. The summed E-state index contributed by atoms with van der Waals surface area (Å²) in [6.07, 6.45) is 4.52. The highest BCUT2D eigenvalue weighted by atomic mass is 16.2. The molecule has 1 aliphatic heterocycles. The van der Waals surface area contributed by atoms with Crippen LogP contribution >= 0.6 is 0 Å². The van der Waals surface area contributed by atoms with Crippen molar-refractivity contribution in [3.8, 4) is 0 Å². The molecule has 1 aromatic heterocycles. The standard InChI is InChI=1S/C18H21N3O/c22-18(17-12-16(19-20-17)15-6-7-15)21-10-8-14(9-11-21)13-4-2-1-3-5-13/h1-5,12,14-15H,6-11H2,(H,19,20). The number of hydrogen-bond acceptors (Lipinski definition) is 2. The molecular weight excluding hydrogens is 274 g/mol. The van der Waals surface area contributed by atoms with Crippen LogP contribution in [0.15, 0.2) is 36.4 Å². The third kappa shape index (κ3) is 2.65. The SMILES string of the molecule is O=C(c1cc(C2CC2)[nH]n1)N1CCC(c2ccccc2)CC1. The maximum absolute atomic E-state index is 12.5. The molecule has 22 heavy (non-hydrogen) atoms. The molecule has 1 saturated carbocycles. The van der Waals surface area contributed by atoms with Crippen LogP contribution in [0.1, 0.15) is 59.3 Å². The van der Waals surface area contributed by atoms with Crippen LogP contribution in [-0.4, -0.2) is 34.1 Å². The van der Waals surface area contributed by atoms with Crippen LogP contribution in [0.25, 0.3) is 0 Å². The monoisotopic (exact) mass is 295 g/mol. The number of carbonyl (C=O) groups is 1. The van der Waals surface area contributed by atoms with Gasteiger partial charge in [0.05, 0.1) is 0 Å². The van der Waals surface area contributed by atoms with Crippen molar-refractivity contribution < 1.29 is 4.79 Å². The molecule has 1 saturated heterocycles. The minimum atomic E-state index is 0.0784. The van der Waals surface area contributed by atoms with Gasteiger partial charge >= 0.3 is 0 Å². The molecule has 0 unspecified atom stereocenters. The lowest BCUT2D eigenvalue weighted by Gasteiger charge is -2.31. The fraction of sp³-hybridized carbons (Fsp3) is 0.444. The summed E-state index contributed by atoms with van der Waals surface area (Å²) >= 11 is 0. The zero-order valence-corrected chi connectivity index (χ0v) is 12.7. The van der Waals surface area contributed by atoms with Gasteiger partial charge in [-0.2, -0.15) is 5.10 Å². The molecule has 1 N–H and O–H groups in total. The fourth-order valence-corrected chi connectivity index (χ4v) is 3.35. The Morgan fingerprint density at radius 2 is 1.77 bits per heavy atom. The third-order valence-corrected chi connectivity index (χ3v) is 4.89. The third-order valence-electron chi connectivity index (χ3n) is 4.89. The number of rotatable bonds is 3. The molecule has 114 valence electrons. The Labute approximate surface area is 130 Å². The summed E-state index contributed by atoms with van der Waals surface area (Å²) in [5.74, 6) is 1.26. The van der Waals surface area contributed by atoms with Gasteiger partial charge in [0.2, 0.25) is 0 Å². The van der Waals surface area contributed by atoms with Crippen molar-refractivity contribution in [2.24, 2.45) is 0 Å². The maximum Gasteiger partial charge on any atom is 0.274 e. The van der Waals surface area contributed by atoms with Crippen LogP contribution in [0.5, 0.6) is 0 Å². The fourth-order valence-electron chi connectivity index (χ4n) is 3.35. The number of nitrogens with one attached hydrogen (secondary N) is 1. The summed E-state index contributed by atoms with van der Waals surface area (Å²) in [5, 5.41) is 7.24. The molecule has 2 aliphatic rings. The highest BCUT2D eigenvalue weighted by Gasteiger charge is 2.29. The van der Waals surface area contributed by atoms with Gasteiger partial charge in [0.15, 0.2) is 0 Å². The molecule has 2 aromatic rings. The number of piperidine rings is 1. The zero-order chi connectivity index (χ0) is 14.9. The molecule has 1 aliphatic carbocycles. The first-order valence-corrected chi connectivity index (χ1v) is 8.21. The van der Waals surface area contributed by atoms with Crippen molar-refractivity contribution in [1.82, 2.24) is 15.1 Å². The van der Waals surface area contributed by atoms with E-state index in [-0.39, 0.29) is 5.91 Å². The molecule has 0 radical (unpaired) electrons. The zero-order valence-electron chi connectivity index (χ0n) is 12.7. The Hall–Kier alpha value is -2.10. The molecule has 4 nitrogen and oxygen atoms in total. The number of amides is 1. The Morgan fingerprint density at radius 1 is 1.05 bits per heavy atom. The van der Waals surface area contributed by atoms with E-state index < -0.39 is 0 Å². The number of aromatic amines is 1. The van der Waals surface area contributed by atoms with Gasteiger partial charge in [-0.3, -0.25) is 9.89 Å². The minimum absolute atomic E-state index is 0.0784.